The highest BCUT2D eigenvalue weighted by molar-refractivity contribution is 6.37. The van der Waals surface area contributed by atoms with Gasteiger partial charge in [-0.05, 0) is 75.4 Å². The number of hydrogen-bond donors (Lipinski definition) is 1. The molecule has 1 aromatic carbocycles. The lowest BCUT2D eigenvalue weighted by molar-refractivity contribution is -0.0816. The number of likely N-dealkylation sites (tertiary alicyclic amines) is 1. The second-order valence-electron chi connectivity index (χ2n) is 10.3. The highest BCUT2D eigenvalue weighted by Gasteiger charge is 2.37. The molecule has 9 heteroatoms. The number of H-pyrrole nitrogens is 1. The van der Waals surface area contributed by atoms with Crippen molar-refractivity contribution in [3.63, 3.8) is 0 Å². The van der Waals surface area contributed by atoms with E-state index in [0.29, 0.717) is 40.2 Å². The monoisotopic (exact) mass is 533 g/mol. The summed E-state index contributed by atoms with van der Waals surface area (Å²) in [6.07, 6.45) is 2.30. The van der Waals surface area contributed by atoms with E-state index in [9.17, 15) is 9.59 Å². The summed E-state index contributed by atoms with van der Waals surface area (Å²) >= 11 is 13.7. The van der Waals surface area contributed by atoms with Crippen LogP contribution in [-0.4, -0.2) is 66.7 Å². The first-order valence-corrected chi connectivity index (χ1v) is 13.4. The van der Waals surface area contributed by atoms with E-state index in [2.05, 4.69) is 9.88 Å². The lowest BCUT2D eigenvalue weighted by atomic mass is 9.84. The SMILES string of the molecule is COC(c1cc(Cl)c2c(c1Cl)C(=O)N(Cc1c(C)cc(C)[nH]c1=O)CC2)C1CCN(C2COC2)CC1. The van der Waals surface area contributed by atoms with Crippen molar-refractivity contribution in [2.24, 2.45) is 5.92 Å². The number of methoxy groups -OCH3 is 1. The van der Waals surface area contributed by atoms with E-state index in [1.54, 1.807) is 12.0 Å². The van der Waals surface area contributed by atoms with Gasteiger partial charge in [0.2, 0.25) is 0 Å². The van der Waals surface area contributed by atoms with Crippen molar-refractivity contribution < 1.29 is 14.3 Å². The summed E-state index contributed by atoms with van der Waals surface area (Å²) < 4.78 is 11.3. The zero-order chi connectivity index (χ0) is 25.6. The molecule has 194 valence electrons. The van der Waals surface area contributed by atoms with E-state index >= 15 is 0 Å². The number of aromatic amines is 1. The minimum Gasteiger partial charge on any atom is -0.378 e. The van der Waals surface area contributed by atoms with Gasteiger partial charge >= 0.3 is 0 Å². The number of fused-ring (bicyclic) bond motifs is 1. The van der Waals surface area contributed by atoms with Crippen LogP contribution in [0.2, 0.25) is 10.0 Å². The smallest absolute Gasteiger partial charge is 0.256 e. The molecule has 2 saturated heterocycles. The number of pyridine rings is 1. The quantitative estimate of drug-likeness (QED) is 0.599. The minimum atomic E-state index is -0.245. The fourth-order valence-electron chi connectivity index (χ4n) is 5.88. The van der Waals surface area contributed by atoms with Crippen LogP contribution in [0.25, 0.3) is 0 Å². The van der Waals surface area contributed by atoms with E-state index in [-0.39, 0.29) is 30.0 Å². The Morgan fingerprint density at radius 1 is 1.14 bits per heavy atom. The number of carbonyl (C=O) groups excluding carboxylic acids is 1. The molecule has 3 aliphatic heterocycles. The number of halogens is 2. The number of carbonyl (C=O) groups is 1. The third-order valence-electron chi connectivity index (χ3n) is 8.02. The number of nitrogens with zero attached hydrogens (tertiary/aromatic N) is 2. The van der Waals surface area contributed by atoms with Crippen LogP contribution in [0, 0.1) is 19.8 Å². The maximum absolute atomic E-state index is 13.7. The Bertz CT molecular complexity index is 1220. The summed E-state index contributed by atoms with van der Waals surface area (Å²) in [6.45, 7) is 8.07. The van der Waals surface area contributed by atoms with E-state index in [1.807, 2.05) is 26.0 Å². The molecule has 36 heavy (non-hydrogen) atoms. The van der Waals surface area contributed by atoms with Crippen molar-refractivity contribution in [2.75, 3.05) is 40.0 Å². The summed E-state index contributed by atoms with van der Waals surface area (Å²) in [4.78, 5) is 33.3. The second-order valence-corrected chi connectivity index (χ2v) is 11.0. The van der Waals surface area contributed by atoms with Crippen molar-refractivity contribution in [3.05, 3.63) is 66.0 Å². The molecule has 2 fully saturated rings. The molecule has 1 aromatic heterocycles. The van der Waals surface area contributed by atoms with Crippen molar-refractivity contribution in [3.8, 4) is 0 Å². The van der Waals surface area contributed by atoms with Crippen molar-refractivity contribution >= 4 is 29.1 Å². The average molecular weight is 534 g/mol. The predicted molar refractivity (Wildman–Crippen MR) is 140 cm³/mol. The summed E-state index contributed by atoms with van der Waals surface area (Å²) in [6, 6.07) is 4.34. The number of aromatic nitrogens is 1. The number of hydrogen-bond acceptors (Lipinski definition) is 5. The van der Waals surface area contributed by atoms with Gasteiger partial charge in [0.25, 0.3) is 11.5 Å². The fraction of sp³-hybridized carbons (Fsp3) is 0.556. The maximum Gasteiger partial charge on any atom is 0.256 e. The van der Waals surface area contributed by atoms with Crippen molar-refractivity contribution in [1.82, 2.24) is 14.8 Å². The molecule has 7 nitrogen and oxygen atoms in total. The summed E-state index contributed by atoms with van der Waals surface area (Å²) in [7, 11) is 1.70. The van der Waals surface area contributed by atoms with E-state index in [4.69, 9.17) is 32.7 Å². The standard InChI is InChI=1S/C27H33Cl2N3O4/c1-15-10-16(2)30-26(33)21(15)12-32-9-6-19-22(28)11-20(24(29)23(19)27(32)34)25(35-3)17-4-7-31(8-5-17)18-13-36-14-18/h10-11,17-18,25H,4-9,12-14H2,1-3H3,(H,30,33). The Morgan fingerprint density at radius 3 is 2.47 bits per heavy atom. The molecule has 4 heterocycles. The summed E-state index contributed by atoms with van der Waals surface area (Å²) in [5, 5.41) is 0.966. The zero-order valence-electron chi connectivity index (χ0n) is 21.0. The molecule has 2 aromatic rings. The molecule has 1 amide bonds. The summed E-state index contributed by atoms with van der Waals surface area (Å²) in [5.74, 6) is 0.0847. The number of nitrogens with one attached hydrogen (secondary N) is 1. The van der Waals surface area contributed by atoms with Gasteiger partial charge in [-0.15, -0.1) is 0 Å². The predicted octanol–water partition coefficient (Wildman–Crippen LogP) is 4.30. The van der Waals surface area contributed by atoms with E-state index in [1.165, 1.54) is 0 Å². The van der Waals surface area contributed by atoms with Crippen molar-refractivity contribution in [2.45, 2.75) is 51.8 Å². The number of piperidine rings is 1. The van der Waals surface area contributed by atoms with Gasteiger partial charge < -0.3 is 19.4 Å². The van der Waals surface area contributed by atoms with E-state index < -0.39 is 0 Å². The molecule has 0 saturated carbocycles. The van der Waals surface area contributed by atoms with Crippen LogP contribution in [-0.2, 0) is 22.4 Å². The number of amides is 1. The molecular weight excluding hydrogens is 501 g/mol. The Labute approximate surface area is 221 Å². The molecule has 0 spiro atoms. The molecule has 3 aliphatic rings. The van der Waals surface area contributed by atoms with Gasteiger partial charge in [-0.1, -0.05) is 23.2 Å². The highest BCUT2D eigenvalue weighted by atomic mass is 35.5. The fourth-order valence-corrected chi connectivity index (χ4v) is 6.54. The Hall–Kier alpha value is -1.90. The molecule has 1 atom stereocenters. The average Bonchev–Trinajstić information content (AvgIpc) is 2.80. The molecule has 0 radical (unpaired) electrons. The van der Waals surface area contributed by atoms with Gasteiger partial charge in [0, 0.05) is 35.5 Å². The number of benzene rings is 1. The van der Waals surface area contributed by atoms with Crippen LogP contribution in [0.1, 0.15) is 57.3 Å². The van der Waals surface area contributed by atoms with Crippen LogP contribution >= 0.6 is 23.2 Å². The molecule has 0 bridgehead atoms. The first kappa shape index (κ1) is 25.7. The van der Waals surface area contributed by atoms with Gasteiger partial charge in [-0.2, -0.15) is 0 Å². The molecule has 5 rings (SSSR count). The van der Waals surface area contributed by atoms with Crippen LogP contribution in [0.15, 0.2) is 16.9 Å². The molecule has 0 aliphatic carbocycles. The molecular formula is C27H33Cl2N3O4. The van der Waals surface area contributed by atoms with Gasteiger partial charge in [0.15, 0.2) is 0 Å². The third-order valence-corrected chi connectivity index (χ3v) is 8.76. The largest absolute Gasteiger partial charge is 0.378 e. The molecule has 1 unspecified atom stereocenters. The number of rotatable bonds is 6. The van der Waals surface area contributed by atoms with Gasteiger partial charge in [-0.3, -0.25) is 14.5 Å². The van der Waals surface area contributed by atoms with Crippen LogP contribution < -0.4 is 5.56 Å². The molecule has 1 N–H and O–H groups in total. The lowest BCUT2D eigenvalue weighted by Gasteiger charge is -2.43. The van der Waals surface area contributed by atoms with Crippen LogP contribution in [0.3, 0.4) is 0 Å². The van der Waals surface area contributed by atoms with Gasteiger partial charge in [0.1, 0.15) is 0 Å². The van der Waals surface area contributed by atoms with Crippen LogP contribution in [0.5, 0.6) is 0 Å². The second kappa shape index (κ2) is 10.5. The number of aryl methyl sites for hydroxylation is 2. The Balaban J connectivity index is 1.41. The Morgan fingerprint density at radius 2 is 1.86 bits per heavy atom. The normalized spacial score (nSPS) is 20.4. The first-order valence-electron chi connectivity index (χ1n) is 12.6. The minimum absolute atomic E-state index is 0.164. The first-order chi connectivity index (χ1) is 17.3. The maximum atomic E-state index is 13.7. The highest BCUT2D eigenvalue weighted by Crippen LogP contribution is 2.43. The van der Waals surface area contributed by atoms with Crippen molar-refractivity contribution in [1.29, 1.82) is 0 Å². The van der Waals surface area contributed by atoms with E-state index in [0.717, 1.165) is 61.5 Å². The topological polar surface area (TPSA) is 74.9 Å². The lowest BCUT2D eigenvalue weighted by Crippen LogP contribution is -2.52. The Kier molecular flexibility index (Phi) is 7.48. The van der Waals surface area contributed by atoms with Gasteiger partial charge in [-0.25, -0.2) is 0 Å². The summed E-state index contributed by atoms with van der Waals surface area (Å²) in [5.41, 5.74) is 4.08. The number of ether oxygens (including phenoxy) is 2. The zero-order valence-corrected chi connectivity index (χ0v) is 22.5. The van der Waals surface area contributed by atoms with Crippen LogP contribution in [0.4, 0.5) is 0 Å². The third kappa shape index (κ3) is 4.72. The van der Waals surface area contributed by atoms with Gasteiger partial charge in [0.05, 0.1) is 42.5 Å².